The molecule has 4 heteroatoms. The molecule has 0 spiro atoms. The van der Waals surface area contributed by atoms with Crippen molar-refractivity contribution in [2.75, 3.05) is 12.3 Å². The molecule has 0 amide bonds. The van der Waals surface area contributed by atoms with E-state index in [0.717, 1.165) is 20.6 Å². The van der Waals surface area contributed by atoms with Gasteiger partial charge in [0.25, 0.3) is 0 Å². The molecular weight excluding hydrogens is 266 g/mol. The van der Waals surface area contributed by atoms with Gasteiger partial charge < -0.3 is 10.5 Å². The summed E-state index contributed by atoms with van der Waals surface area (Å²) in [5.74, 6) is 0.717. The Morgan fingerprint density at radius 1 is 1.22 bits per heavy atom. The molecule has 2 nitrogen and oxygen atoms in total. The van der Waals surface area contributed by atoms with E-state index in [1.165, 1.54) is 0 Å². The fraction of sp³-hybridized carbons (Fsp3) is 0.143. The monoisotopic (exact) mass is 279 g/mol. The van der Waals surface area contributed by atoms with E-state index in [1.54, 1.807) is 11.8 Å². The predicted octanol–water partition coefficient (Wildman–Crippen LogP) is 4.47. The molecule has 0 unspecified atom stereocenters. The van der Waals surface area contributed by atoms with Crippen LogP contribution in [0, 0.1) is 0 Å². The zero-order valence-corrected chi connectivity index (χ0v) is 11.6. The minimum absolute atomic E-state index is 0.602. The molecule has 0 aliphatic carbocycles. The number of benzene rings is 2. The van der Waals surface area contributed by atoms with E-state index >= 15 is 0 Å². The van der Waals surface area contributed by atoms with Crippen molar-refractivity contribution in [1.82, 2.24) is 0 Å². The zero-order valence-electron chi connectivity index (χ0n) is 10.0. The summed E-state index contributed by atoms with van der Waals surface area (Å²) in [5, 5.41) is 0.747. The van der Waals surface area contributed by atoms with Gasteiger partial charge in [-0.1, -0.05) is 35.5 Å². The summed E-state index contributed by atoms with van der Waals surface area (Å²) in [6.45, 7) is 2.54. The number of nitrogens with two attached hydrogens (primary N) is 1. The van der Waals surface area contributed by atoms with Gasteiger partial charge >= 0.3 is 0 Å². The molecule has 2 aromatic carbocycles. The lowest BCUT2D eigenvalue weighted by atomic mass is 10.3. The molecule has 0 aliphatic heterocycles. The molecule has 2 rings (SSSR count). The summed E-state index contributed by atoms with van der Waals surface area (Å²) >= 11 is 7.73. The van der Waals surface area contributed by atoms with Gasteiger partial charge in [0.2, 0.25) is 0 Å². The molecule has 0 radical (unpaired) electrons. The lowest BCUT2D eigenvalue weighted by molar-refractivity contribution is 0.341. The molecule has 2 aromatic rings. The van der Waals surface area contributed by atoms with Gasteiger partial charge in [-0.3, -0.25) is 0 Å². The first kappa shape index (κ1) is 13.1. The van der Waals surface area contributed by atoms with Crippen LogP contribution in [0.15, 0.2) is 52.3 Å². The van der Waals surface area contributed by atoms with E-state index < -0.39 is 0 Å². The molecule has 18 heavy (non-hydrogen) atoms. The largest absolute Gasteiger partial charge is 0.492 e. The molecule has 0 aromatic heterocycles. The Bertz CT molecular complexity index is 545. The van der Waals surface area contributed by atoms with Gasteiger partial charge in [0.1, 0.15) is 5.75 Å². The Morgan fingerprint density at radius 2 is 2.00 bits per heavy atom. The van der Waals surface area contributed by atoms with Crippen molar-refractivity contribution in [3.63, 3.8) is 0 Å². The maximum atomic E-state index is 6.13. The van der Waals surface area contributed by atoms with Crippen LogP contribution in [0.3, 0.4) is 0 Å². The van der Waals surface area contributed by atoms with Crippen LogP contribution >= 0.6 is 23.4 Å². The van der Waals surface area contributed by atoms with Crippen molar-refractivity contribution in [2.45, 2.75) is 16.7 Å². The van der Waals surface area contributed by atoms with E-state index in [2.05, 4.69) is 0 Å². The van der Waals surface area contributed by atoms with Crippen LogP contribution in [0.2, 0.25) is 5.02 Å². The highest BCUT2D eigenvalue weighted by molar-refractivity contribution is 7.99. The van der Waals surface area contributed by atoms with Gasteiger partial charge in [-0.25, -0.2) is 0 Å². The second kappa shape index (κ2) is 6.03. The zero-order chi connectivity index (χ0) is 13.0. The fourth-order valence-electron chi connectivity index (χ4n) is 1.51. The molecule has 0 aliphatic rings. The van der Waals surface area contributed by atoms with Crippen LogP contribution in [-0.2, 0) is 0 Å². The molecule has 0 fully saturated rings. The number of nitrogen functional groups attached to an aromatic ring is 1. The van der Waals surface area contributed by atoms with Gasteiger partial charge in [0.15, 0.2) is 0 Å². The van der Waals surface area contributed by atoms with Crippen molar-refractivity contribution in [3.8, 4) is 5.75 Å². The van der Waals surface area contributed by atoms with Crippen molar-refractivity contribution >= 4 is 29.1 Å². The molecule has 2 N–H and O–H groups in total. The van der Waals surface area contributed by atoms with Crippen molar-refractivity contribution < 1.29 is 4.74 Å². The summed E-state index contributed by atoms with van der Waals surface area (Å²) in [5.41, 5.74) is 6.49. The number of anilines is 1. The summed E-state index contributed by atoms with van der Waals surface area (Å²) in [6.07, 6.45) is 0. The van der Waals surface area contributed by atoms with Crippen molar-refractivity contribution in [1.29, 1.82) is 0 Å². The van der Waals surface area contributed by atoms with E-state index in [-0.39, 0.29) is 0 Å². The Labute approximate surface area is 116 Å². The van der Waals surface area contributed by atoms with E-state index in [4.69, 9.17) is 22.1 Å². The van der Waals surface area contributed by atoms with Crippen LogP contribution in [0.25, 0.3) is 0 Å². The number of hydrogen-bond donors (Lipinski definition) is 1. The van der Waals surface area contributed by atoms with Gasteiger partial charge in [-0.05, 0) is 37.3 Å². The lowest BCUT2D eigenvalue weighted by Crippen LogP contribution is -1.96. The Kier molecular flexibility index (Phi) is 4.39. The maximum Gasteiger partial charge on any atom is 0.143 e. The lowest BCUT2D eigenvalue weighted by Gasteiger charge is -2.09. The van der Waals surface area contributed by atoms with Crippen molar-refractivity contribution in [2.24, 2.45) is 0 Å². The Morgan fingerprint density at radius 3 is 2.72 bits per heavy atom. The van der Waals surface area contributed by atoms with E-state index in [9.17, 15) is 0 Å². The summed E-state index contributed by atoms with van der Waals surface area (Å²) in [4.78, 5) is 2.08. The van der Waals surface area contributed by atoms with Crippen molar-refractivity contribution in [3.05, 3.63) is 47.5 Å². The van der Waals surface area contributed by atoms with E-state index in [1.807, 2.05) is 49.4 Å². The Balaban J connectivity index is 2.24. The van der Waals surface area contributed by atoms with Gasteiger partial charge in [-0.2, -0.15) is 0 Å². The smallest absolute Gasteiger partial charge is 0.143 e. The average Bonchev–Trinajstić information content (AvgIpc) is 2.36. The third-order valence-electron chi connectivity index (χ3n) is 2.35. The summed E-state index contributed by atoms with van der Waals surface area (Å²) in [6, 6.07) is 13.5. The quantitative estimate of drug-likeness (QED) is 0.839. The molecule has 0 saturated carbocycles. The molecule has 0 heterocycles. The first-order valence-electron chi connectivity index (χ1n) is 5.65. The second-order valence-corrected chi connectivity index (χ2v) is 5.19. The molecule has 94 valence electrons. The molecular formula is C14H14ClNOS. The third-order valence-corrected chi connectivity index (χ3v) is 3.86. The summed E-state index contributed by atoms with van der Waals surface area (Å²) in [7, 11) is 0. The van der Waals surface area contributed by atoms with Gasteiger partial charge in [0.05, 0.1) is 17.3 Å². The van der Waals surface area contributed by atoms with Crippen LogP contribution in [0.4, 0.5) is 5.69 Å². The second-order valence-electron chi connectivity index (χ2n) is 3.67. The predicted molar refractivity (Wildman–Crippen MR) is 77.6 cm³/mol. The number of hydrogen-bond acceptors (Lipinski definition) is 3. The highest BCUT2D eigenvalue weighted by Gasteiger charge is 2.05. The minimum atomic E-state index is 0.602. The standard InChI is InChI=1S/C14H14ClNOS/c1-2-17-13-9-10(7-8-12(13)16)18-14-6-4-3-5-11(14)15/h3-9H,2,16H2,1H3. The van der Waals surface area contributed by atoms with Crippen LogP contribution < -0.4 is 10.5 Å². The first-order chi connectivity index (χ1) is 8.70. The van der Waals surface area contributed by atoms with Crippen LogP contribution in [-0.4, -0.2) is 6.61 Å². The van der Waals surface area contributed by atoms with Crippen LogP contribution in [0.1, 0.15) is 6.92 Å². The minimum Gasteiger partial charge on any atom is -0.492 e. The molecule has 0 atom stereocenters. The average molecular weight is 280 g/mol. The first-order valence-corrected chi connectivity index (χ1v) is 6.85. The fourth-order valence-corrected chi connectivity index (χ4v) is 2.63. The SMILES string of the molecule is CCOc1cc(Sc2ccccc2Cl)ccc1N. The number of rotatable bonds is 4. The van der Waals surface area contributed by atoms with E-state index in [0.29, 0.717) is 12.3 Å². The number of ether oxygens (including phenoxy) is 1. The summed E-state index contributed by atoms with van der Waals surface area (Å²) < 4.78 is 5.47. The normalized spacial score (nSPS) is 10.3. The Hall–Kier alpha value is -1.32. The maximum absolute atomic E-state index is 6.13. The third kappa shape index (κ3) is 3.12. The van der Waals surface area contributed by atoms with Gasteiger partial charge in [-0.15, -0.1) is 0 Å². The molecule has 0 bridgehead atoms. The highest BCUT2D eigenvalue weighted by atomic mass is 35.5. The topological polar surface area (TPSA) is 35.2 Å². The van der Waals surface area contributed by atoms with Crippen LogP contribution in [0.5, 0.6) is 5.75 Å². The highest BCUT2D eigenvalue weighted by Crippen LogP contribution is 2.36. The van der Waals surface area contributed by atoms with Gasteiger partial charge in [0, 0.05) is 9.79 Å². The molecule has 0 saturated heterocycles. The number of halogens is 1.